The van der Waals surface area contributed by atoms with Crippen molar-refractivity contribution in [3.63, 3.8) is 0 Å². The number of amides is 2. The smallest absolute Gasteiger partial charge is 0.414 e. The molecule has 4 aromatic rings. The quantitative estimate of drug-likeness (QED) is 0.0656. The maximum atomic E-state index is 16.2. The van der Waals surface area contributed by atoms with Gasteiger partial charge in [0, 0.05) is 50.9 Å². The Morgan fingerprint density at radius 3 is 1.84 bits per heavy atom. The van der Waals surface area contributed by atoms with Crippen LogP contribution in [-0.2, 0) is 60.6 Å². The standard InChI is InChI=1S/C40H54FNO10.C37H48FNO9/c1-12-42(37(45)52-38(4,5)6)28-21-27(33-32(22-28)49-40(9,10)51-36(33)44)14-13-15-31-35(50-39(7,8)48-31)34(30(41)20-24(2)25(3)43)47-23-26-16-18-29(46-11)19-17-26;1-10-39(35(42)48-36(4,5)6)26-19-25-12-11-13-30-33(47-37(7,8)46-30)32(44-21-24-14-16-27(43-9)17-15-24)28(38)18-22(2)23(3)45-34(41)31(25)29(40)20-26/h13-14,16-22,24-25,31,34-35,43H,12,15,23H2,1-11H3;11-12,14-20,22-23,30,32-33,40H,10,13,21H2,1-9H3/b14-13+,30-20+;12-11+,28-18+/t24-,25+,31+,34-,35+;22-,23+,30+,32-,33+/m11/s1. The van der Waals surface area contributed by atoms with Gasteiger partial charge in [-0.2, -0.15) is 0 Å². The minimum atomic E-state index is -1.23. The Morgan fingerprint density at radius 2 is 1.29 bits per heavy atom. The number of cyclic esters (lactones) is 2. The van der Waals surface area contributed by atoms with Crippen molar-refractivity contribution >= 4 is 47.7 Å². The van der Waals surface area contributed by atoms with E-state index in [0.717, 1.165) is 11.1 Å². The van der Waals surface area contributed by atoms with Gasteiger partial charge in [0.15, 0.2) is 11.6 Å². The number of benzene rings is 4. The topological polar surface area (TPSA) is 235 Å². The number of nitrogens with zero attached hydrogens (tertiary/aromatic N) is 2. The summed E-state index contributed by atoms with van der Waals surface area (Å²) in [5, 5.41) is 21.3. The van der Waals surface area contributed by atoms with E-state index in [1.807, 2.05) is 31.2 Å². The lowest BCUT2D eigenvalue weighted by molar-refractivity contribution is -0.158. The van der Waals surface area contributed by atoms with Gasteiger partial charge in [-0.25, -0.2) is 28.0 Å². The van der Waals surface area contributed by atoms with Crippen LogP contribution < -0.4 is 24.0 Å². The van der Waals surface area contributed by atoms with Crippen molar-refractivity contribution in [3.05, 3.63) is 142 Å². The van der Waals surface area contributed by atoms with Crippen LogP contribution in [0.25, 0.3) is 12.2 Å². The van der Waals surface area contributed by atoms with Crippen LogP contribution in [0.3, 0.4) is 0 Å². The number of phenols is 1. The molecular formula is C77H102F2N2O19. The summed E-state index contributed by atoms with van der Waals surface area (Å²) in [6, 6.07) is 20.8. The number of carbonyl (C=O) groups is 4. The number of hydrogen-bond donors (Lipinski definition) is 2. The van der Waals surface area contributed by atoms with Crippen LogP contribution in [0.4, 0.5) is 29.7 Å². The Hall–Kier alpha value is -7.90. The first-order chi connectivity index (χ1) is 46.7. The molecule has 100 heavy (non-hydrogen) atoms. The molecule has 0 aromatic heterocycles. The molecule has 0 radical (unpaired) electrons. The largest absolute Gasteiger partial charge is 0.507 e. The minimum Gasteiger partial charge on any atom is -0.507 e. The van der Waals surface area contributed by atoms with Gasteiger partial charge >= 0.3 is 24.1 Å². The van der Waals surface area contributed by atoms with Gasteiger partial charge in [0.2, 0.25) is 5.79 Å². The number of ether oxygens (including phenoxy) is 13. The second kappa shape index (κ2) is 33.3. The summed E-state index contributed by atoms with van der Waals surface area (Å²) in [6.07, 6.45) is 2.07. The molecule has 23 heteroatoms. The molecule has 4 heterocycles. The highest BCUT2D eigenvalue weighted by atomic mass is 19.1. The predicted octanol–water partition coefficient (Wildman–Crippen LogP) is 15.8. The summed E-state index contributed by atoms with van der Waals surface area (Å²) in [5.74, 6) is -5.70. The van der Waals surface area contributed by atoms with Crippen LogP contribution >= 0.6 is 0 Å². The number of hydrogen-bond acceptors (Lipinski definition) is 19. The van der Waals surface area contributed by atoms with Crippen molar-refractivity contribution in [3.8, 4) is 23.0 Å². The Labute approximate surface area is 587 Å². The van der Waals surface area contributed by atoms with Crippen LogP contribution in [0, 0.1) is 11.8 Å². The van der Waals surface area contributed by atoms with Gasteiger partial charge in [-0.1, -0.05) is 62.4 Å². The highest BCUT2D eigenvalue weighted by Crippen LogP contribution is 2.42. The lowest BCUT2D eigenvalue weighted by Crippen LogP contribution is -2.40. The summed E-state index contributed by atoms with van der Waals surface area (Å²) >= 11 is 0. The summed E-state index contributed by atoms with van der Waals surface area (Å²) < 4.78 is 109. The fraction of sp³-hybridized carbons (Fsp3) is 0.532. The number of aromatic hydroxyl groups is 1. The van der Waals surface area contributed by atoms with E-state index in [1.165, 1.54) is 28.0 Å². The third kappa shape index (κ3) is 21.6. The van der Waals surface area contributed by atoms with Crippen molar-refractivity contribution in [2.45, 2.75) is 228 Å². The molecule has 8 rings (SSSR count). The van der Waals surface area contributed by atoms with Gasteiger partial charge in [0.05, 0.1) is 57.1 Å². The Morgan fingerprint density at radius 1 is 0.730 bits per heavy atom. The second-order valence-electron chi connectivity index (χ2n) is 28.6. The number of fused-ring (bicyclic) bond motifs is 3. The van der Waals surface area contributed by atoms with Crippen LogP contribution in [-0.4, -0.2) is 139 Å². The van der Waals surface area contributed by atoms with Crippen LogP contribution in [0.15, 0.2) is 109 Å². The summed E-state index contributed by atoms with van der Waals surface area (Å²) in [5.41, 5.74) is 1.81. The first kappa shape index (κ1) is 79.4. The maximum absolute atomic E-state index is 16.2. The molecule has 4 aliphatic heterocycles. The van der Waals surface area contributed by atoms with E-state index in [4.69, 9.17) is 61.6 Å². The maximum Gasteiger partial charge on any atom is 0.414 e. The van der Waals surface area contributed by atoms with Crippen molar-refractivity contribution in [2.24, 2.45) is 11.8 Å². The summed E-state index contributed by atoms with van der Waals surface area (Å²) in [6.45, 7) is 31.9. The zero-order valence-electron chi connectivity index (χ0n) is 61.4. The molecule has 2 amide bonds. The third-order valence-corrected chi connectivity index (χ3v) is 16.6. The Balaban J connectivity index is 0.000000282. The zero-order valence-corrected chi connectivity index (χ0v) is 61.4. The number of esters is 2. The number of methoxy groups -OCH3 is 2. The van der Waals surface area contributed by atoms with E-state index < -0.39 is 125 Å². The van der Waals surface area contributed by atoms with Crippen LogP contribution in [0.1, 0.15) is 180 Å². The Bertz CT molecular complexity index is 3610. The molecule has 2 saturated heterocycles. The molecule has 0 aliphatic carbocycles. The van der Waals surface area contributed by atoms with Crippen LogP contribution in [0.2, 0.25) is 0 Å². The SMILES string of the molecule is CCN(C(=O)OC(C)(C)C)c1cc(/C=C/C[C@@H]2OC(C)(C)O[C@@H]2[C@H](OCc2ccc(OC)cc2)/C(F)=C\[C@@H](C)[C@H](C)O)c2c(c1)OC(C)(C)OC2=O.CCN(C(=O)OC(C)(C)C)c1cc(O)c2c(c1)/C=C/C[C@@H]1OC(C)(C)O[C@@H]1[C@H](OCc1ccc(OC)cc1)/C(F)=C\[C@@H](C)[C@H](C)OC2=O. The molecule has 0 spiro atoms. The monoisotopic (exact) mass is 1400 g/mol. The van der Waals surface area contributed by atoms with Crippen molar-refractivity contribution in [1.82, 2.24) is 0 Å². The van der Waals surface area contributed by atoms with Gasteiger partial charge < -0.3 is 71.8 Å². The van der Waals surface area contributed by atoms with Gasteiger partial charge in [0.1, 0.15) is 87.5 Å². The second-order valence-corrected chi connectivity index (χ2v) is 28.6. The number of carbonyl (C=O) groups excluding carboxylic acids is 4. The van der Waals surface area contributed by atoms with E-state index in [9.17, 15) is 29.4 Å². The van der Waals surface area contributed by atoms with Gasteiger partial charge in [-0.3, -0.25) is 9.80 Å². The first-order valence-electron chi connectivity index (χ1n) is 33.9. The van der Waals surface area contributed by atoms with Crippen molar-refractivity contribution in [1.29, 1.82) is 0 Å². The lowest BCUT2D eigenvalue weighted by atomic mass is 9.97. The summed E-state index contributed by atoms with van der Waals surface area (Å²) in [7, 11) is 3.16. The van der Waals surface area contributed by atoms with Crippen LogP contribution in [0.5, 0.6) is 23.0 Å². The third-order valence-electron chi connectivity index (χ3n) is 16.6. The molecule has 2 fully saturated rings. The molecule has 2 N–H and O–H groups in total. The zero-order chi connectivity index (χ0) is 74.0. The highest BCUT2D eigenvalue weighted by molar-refractivity contribution is 6.00. The minimum absolute atomic E-state index is 0.0742. The molecule has 4 aromatic carbocycles. The molecule has 10 atom stereocenters. The predicted molar refractivity (Wildman–Crippen MR) is 375 cm³/mol. The Kier molecular flexibility index (Phi) is 26.4. The van der Waals surface area contributed by atoms with Crippen molar-refractivity contribution in [2.75, 3.05) is 37.1 Å². The number of rotatable bonds is 19. The van der Waals surface area contributed by atoms with E-state index in [-0.39, 0.29) is 55.2 Å². The molecule has 0 unspecified atom stereocenters. The number of anilines is 2. The summed E-state index contributed by atoms with van der Waals surface area (Å²) in [4.78, 5) is 55.9. The average molecular weight is 1400 g/mol. The molecular weight excluding hydrogens is 1290 g/mol. The fourth-order valence-corrected chi connectivity index (χ4v) is 11.4. The van der Waals surface area contributed by atoms with E-state index in [2.05, 4.69) is 0 Å². The number of aliphatic hydroxyl groups is 1. The van der Waals surface area contributed by atoms with E-state index >= 15 is 8.78 Å². The number of phenolic OH excluding ortho intramolecular Hbond substituents is 1. The molecule has 21 nitrogen and oxygen atoms in total. The normalized spacial score (nSPS) is 23.7. The first-order valence-corrected chi connectivity index (χ1v) is 33.9. The van der Waals surface area contributed by atoms with Gasteiger partial charge in [-0.15, -0.1) is 0 Å². The fourth-order valence-electron chi connectivity index (χ4n) is 11.4. The van der Waals surface area contributed by atoms with Gasteiger partial charge in [-0.05, 0) is 181 Å². The number of aliphatic hydroxyl groups excluding tert-OH is 1. The van der Waals surface area contributed by atoms with Gasteiger partial charge in [0.25, 0.3) is 0 Å². The molecule has 0 bridgehead atoms. The number of halogens is 2. The highest BCUT2D eigenvalue weighted by Gasteiger charge is 2.49. The molecule has 548 valence electrons. The lowest BCUT2D eigenvalue weighted by Gasteiger charge is -2.33. The average Bonchev–Trinajstić information content (AvgIpc) is 0.924. The van der Waals surface area contributed by atoms with E-state index in [1.54, 1.807) is 199 Å². The molecule has 0 saturated carbocycles. The van der Waals surface area contributed by atoms with Crippen molar-refractivity contribution < 1.29 is 99.8 Å². The molecule has 4 aliphatic rings. The van der Waals surface area contributed by atoms with E-state index in [0.29, 0.717) is 40.5 Å².